The number of amides is 2. The lowest BCUT2D eigenvalue weighted by Gasteiger charge is -2.12. The maximum Gasteiger partial charge on any atom is 0.328 e. The second-order valence-corrected chi connectivity index (χ2v) is 9.99. The lowest BCUT2D eigenvalue weighted by Crippen LogP contribution is -2.40. The number of carbonyl (C=O) groups excluding carboxylic acids is 2. The third-order valence-electron chi connectivity index (χ3n) is 5.02. The van der Waals surface area contributed by atoms with E-state index in [-0.39, 0.29) is 17.1 Å². The van der Waals surface area contributed by atoms with Crippen LogP contribution >= 0.6 is 11.6 Å². The molecule has 0 aliphatic carbocycles. The summed E-state index contributed by atoms with van der Waals surface area (Å²) in [5.74, 6) is -0.0305. The highest BCUT2D eigenvalue weighted by molar-refractivity contribution is 7.90. The van der Waals surface area contributed by atoms with Gasteiger partial charge in [0.2, 0.25) is 0 Å². The van der Waals surface area contributed by atoms with Gasteiger partial charge in [-0.3, -0.25) is 4.79 Å². The highest BCUT2D eigenvalue weighted by atomic mass is 35.5. The molecule has 0 saturated heterocycles. The van der Waals surface area contributed by atoms with Gasteiger partial charge in [-0.2, -0.15) is 0 Å². The molecule has 0 radical (unpaired) electrons. The molecule has 0 fully saturated rings. The van der Waals surface area contributed by atoms with E-state index in [1.807, 2.05) is 11.6 Å². The fourth-order valence-electron chi connectivity index (χ4n) is 3.33. The minimum atomic E-state index is -4.10. The predicted molar refractivity (Wildman–Crippen MR) is 126 cm³/mol. The zero-order valence-electron chi connectivity index (χ0n) is 18.8. The number of Topliss-reactive ketones (excluding diaryl/α,β-unsaturated/α-hetero) is 1. The van der Waals surface area contributed by atoms with Crippen LogP contribution in [0.15, 0.2) is 23.1 Å². The first kappa shape index (κ1) is 27.4. The molecule has 6 nitrogen and oxygen atoms in total. The molecule has 1 aromatic carbocycles. The number of ketones is 1. The van der Waals surface area contributed by atoms with Crippen LogP contribution in [0.2, 0.25) is 5.02 Å². The van der Waals surface area contributed by atoms with Gasteiger partial charge in [0.15, 0.2) is 0 Å². The standard InChI is InChI=1S/C23H37ClN2O4S/c1-3-5-6-7-8-9-10-11-12-13-21(27)18-19-17-20(24)14-15-22(19)31(29,30)26-23(28)25-16-4-2/h14-15,17H,3-13,16,18H2,1-2H3,(H2,25,26,28). The molecule has 0 aliphatic rings. The average Bonchev–Trinajstić information content (AvgIpc) is 2.70. The number of hydrogen-bond donors (Lipinski definition) is 2. The third kappa shape index (κ3) is 11.5. The molecule has 1 aromatic rings. The Hall–Kier alpha value is -1.60. The first-order valence-electron chi connectivity index (χ1n) is 11.4. The number of rotatable bonds is 16. The Bertz CT molecular complexity index is 797. The van der Waals surface area contributed by atoms with Crippen LogP contribution in [0.4, 0.5) is 4.79 Å². The normalized spacial score (nSPS) is 11.3. The Labute approximate surface area is 192 Å². The summed E-state index contributed by atoms with van der Waals surface area (Å²) in [6, 6.07) is 3.46. The van der Waals surface area contributed by atoms with E-state index in [1.165, 1.54) is 56.7 Å². The van der Waals surface area contributed by atoms with Crippen LogP contribution in [-0.2, 0) is 21.2 Å². The Morgan fingerprint density at radius 1 is 0.903 bits per heavy atom. The molecular formula is C23H37ClN2O4S. The topological polar surface area (TPSA) is 92.3 Å². The molecule has 2 N–H and O–H groups in total. The third-order valence-corrected chi connectivity index (χ3v) is 6.69. The van der Waals surface area contributed by atoms with Gasteiger partial charge in [0, 0.05) is 24.4 Å². The number of benzene rings is 1. The van der Waals surface area contributed by atoms with Crippen LogP contribution in [0.3, 0.4) is 0 Å². The number of sulfonamides is 1. The molecule has 0 atom stereocenters. The fraction of sp³-hybridized carbons (Fsp3) is 0.652. The van der Waals surface area contributed by atoms with Gasteiger partial charge < -0.3 is 5.32 Å². The molecule has 176 valence electrons. The van der Waals surface area contributed by atoms with Gasteiger partial charge in [0.25, 0.3) is 10.0 Å². The van der Waals surface area contributed by atoms with E-state index in [0.717, 1.165) is 19.3 Å². The van der Waals surface area contributed by atoms with Gasteiger partial charge in [0.05, 0.1) is 4.90 Å². The van der Waals surface area contributed by atoms with Crippen LogP contribution in [0, 0.1) is 0 Å². The smallest absolute Gasteiger partial charge is 0.328 e. The molecule has 0 bridgehead atoms. The number of halogens is 1. The minimum Gasteiger partial charge on any atom is -0.337 e. The summed E-state index contributed by atoms with van der Waals surface area (Å²) in [7, 11) is -4.10. The summed E-state index contributed by atoms with van der Waals surface area (Å²) in [4.78, 5) is 24.1. The highest BCUT2D eigenvalue weighted by Crippen LogP contribution is 2.22. The van der Waals surface area contributed by atoms with Crippen molar-refractivity contribution in [2.24, 2.45) is 0 Å². The summed E-state index contributed by atoms with van der Waals surface area (Å²) in [5, 5.41) is 2.81. The summed E-state index contributed by atoms with van der Waals surface area (Å²) in [6.07, 6.45) is 11.6. The molecule has 8 heteroatoms. The van der Waals surface area contributed by atoms with Crippen molar-refractivity contribution in [3.63, 3.8) is 0 Å². The quantitative estimate of drug-likeness (QED) is 0.298. The van der Waals surface area contributed by atoms with Crippen LogP contribution < -0.4 is 10.0 Å². The van der Waals surface area contributed by atoms with Crippen LogP contribution in [0.25, 0.3) is 0 Å². The summed E-state index contributed by atoms with van der Waals surface area (Å²) in [6.45, 7) is 4.44. The lowest BCUT2D eigenvalue weighted by molar-refractivity contribution is -0.118. The number of urea groups is 1. The van der Waals surface area contributed by atoms with E-state index < -0.39 is 16.1 Å². The number of hydrogen-bond acceptors (Lipinski definition) is 4. The van der Waals surface area contributed by atoms with Crippen molar-refractivity contribution in [2.75, 3.05) is 6.54 Å². The first-order chi connectivity index (χ1) is 14.8. The van der Waals surface area contributed by atoms with Gasteiger partial charge in [0.1, 0.15) is 5.78 Å². The Kier molecular flexibility index (Phi) is 13.5. The summed E-state index contributed by atoms with van der Waals surface area (Å²) < 4.78 is 27.2. The van der Waals surface area contributed by atoms with Gasteiger partial charge in [-0.05, 0) is 36.6 Å². The number of carbonyl (C=O) groups is 2. The SMILES string of the molecule is CCCCCCCCCCCC(=O)Cc1cc(Cl)ccc1S(=O)(=O)NC(=O)NCCC. The molecule has 0 aromatic heterocycles. The monoisotopic (exact) mass is 472 g/mol. The van der Waals surface area contributed by atoms with Crippen molar-refractivity contribution in [1.82, 2.24) is 10.0 Å². The van der Waals surface area contributed by atoms with Crippen LogP contribution in [0.1, 0.15) is 90.0 Å². The summed E-state index contributed by atoms with van der Waals surface area (Å²) in [5.41, 5.74) is 0.309. The highest BCUT2D eigenvalue weighted by Gasteiger charge is 2.22. The van der Waals surface area contributed by atoms with Crippen molar-refractivity contribution in [1.29, 1.82) is 0 Å². The van der Waals surface area contributed by atoms with Crippen molar-refractivity contribution >= 4 is 33.4 Å². The number of unbranched alkanes of at least 4 members (excludes halogenated alkanes) is 8. The van der Waals surface area contributed by atoms with Crippen molar-refractivity contribution in [3.05, 3.63) is 28.8 Å². The Morgan fingerprint density at radius 3 is 2.13 bits per heavy atom. The zero-order valence-corrected chi connectivity index (χ0v) is 20.4. The predicted octanol–water partition coefficient (Wildman–Crippen LogP) is 5.77. The van der Waals surface area contributed by atoms with E-state index in [1.54, 1.807) is 0 Å². The van der Waals surface area contributed by atoms with E-state index >= 15 is 0 Å². The van der Waals surface area contributed by atoms with E-state index in [9.17, 15) is 18.0 Å². The van der Waals surface area contributed by atoms with Crippen molar-refractivity contribution < 1.29 is 18.0 Å². The van der Waals surface area contributed by atoms with Crippen molar-refractivity contribution in [2.45, 2.75) is 95.8 Å². The van der Waals surface area contributed by atoms with Gasteiger partial charge in [-0.15, -0.1) is 0 Å². The second kappa shape index (κ2) is 15.2. The van der Waals surface area contributed by atoms with Crippen molar-refractivity contribution in [3.8, 4) is 0 Å². The molecule has 2 amide bonds. The molecule has 1 rings (SSSR count). The van der Waals surface area contributed by atoms with Gasteiger partial charge in [-0.1, -0.05) is 76.8 Å². The fourth-order valence-corrected chi connectivity index (χ4v) is 4.68. The molecular weight excluding hydrogens is 436 g/mol. The average molecular weight is 473 g/mol. The van der Waals surface area contributed by atoms with E-state index in [0.29, 0.717) is 30.0 Å². The molecule has 0 unspecified atom stereocenters. The van der Waals surface area contributed by atoms with Crippen LogP contribution in [-0.4, -0.2) is 26.8 Å². The van der Waals surface area contributed by atoms with Gasteiger partial charge >= 0.3 is 6.03 Å². The number of nitrogens with one attached hydrogen (secondary N) is 2. The Morgan fingerprint density at radius 2 is 1.52 bits per heavy atom. The lowest BCUT2D eigenvalue weighted by atomic mass is 10.0. The van der Waals surface area contributed by atoms with Crippen LogP contribution in [0.5, 0.6) is 0 Å². The zero-order chi connectivity index (χ0) is 23.1. The molecule has 0 saturated carbocycles. The molecule has 0 heterocycles. The summed E-state index contributed by atoms with van der Waals surface area (Å²) >= 11 is 6.03. The molecule has 0 spiro atoms. The first-order valence-corrected chi connectivity index (χ1v) is 13.3. The Balaban J connectivity index is 2.56. The van der Waals surface area contributed by atoms with E-state index in [2.05, 4.69) is 12.2 Å². The van der Waals surface area contributed by atoms with E-state index in [4.69, 9.17) is 11.6 Å². The minimum absolute atomic E-state index is 0.0234. The molecule has 0 aliphatic heterocycles. The molecule has 31 heavy (non-hydrogen) atoms. The second-order valence-electron chi connectivity index (χ2n) is 7.91. The maximum atomic E-state index is 12.6. The maximum absolute atomic E-state index is 12.6. The largest absolute Gasteiger partial charge is 0.337 e. The van der Waals surface area contributed by atoms with Gasteiger partial charge in [-0.25, -0.2) is 17.9 Å².